The number of aromatic nitrogens is 7. The van der Waals surface area contributed by atoms with Gasteiger partial charge in [-0.05, 0) is 24.6 Å². The number of nitrogens with two attached hydrogens (primary N) is 1. The molecule has 0 aliphatic heterocycles. The highest BCUT2D eigenvalue weighted by Crippen LogP contribution is 2.28. The lowest BCUT2D eigenvalue weighted by Crippen LogP contribution is -2.04. The molecule has 0 bridgehead atoms. The lowest BCUT2D eigenvalue weighted by molar-refractivity contribution is 0.622. The number of hydrogen-bond acceptors (Lipinski definition) is 8. The smallest absolute Gasteiger partial charge is 0.193 e. The third-order valence-corrected chi connectivity index (χ3v) is 4.72. The van der Waals surface area contributed by atoms with E-state index in [4.69, 9.17) is 11.0 Å². The van der Waals surface area contributed by atoms with Gasteiger partial charge in [-0.15, -0.1) is 5.10 Å². The summed E-state index contributed by atoms with van der Waals surface area (Å²) in [7, 11) is 1.67. The predicted octanol–water partition coefficient (Wildman–Crippen LogP) is 1.96. The number of benzene rings is 1. The van der Waals surface area contributed by atoms with E-state index in [1.807, 2.05) is 6.07 Å². The zero-order valence-electron chi connectivity index (χ0n) is 16.6. The van der Waals surface area contributed by atoms with Crippen molar-refractivity contribution >= 4 is 5.82 Å². The molecule has 0 spiro atoms. The molecule has 0 aliphatic carbocycles. The van der Waals surface area contributed by atoms with E-state index in [2.05, 4.69) is 31.4 Å². The maximum absolute atomic E-state index is 14.7. The Kier molecular flexibility index (Phi) is 4.85. The van der Waals surface area contributed by atoms with E-state index in [1.54, 1.807) is 38.2 Å². The van der Waals surface area contributed by atoms with Crippen LogP contribution >= 0.6 is 0 Å². The molecule has 0 aliphatic rings. The van der Waals surface area contributed by atoms with Crippen LogP contribution in [0.25, 0.3) is 22.8 Å². The van der Waals surface area contributed by atoms with Gasteiger partial charge in [-0.25, -0.2) is 19.0 Å². The first-order valence-electron chi connectivity index (χ1n) is 9.08. The summed E-state index contributed by atoms with van der Waals surface area (Å²) in [6, 6.07) is 10.9. The van der Waals surface area contributed by atoms with Crippen LogP contribution in [0.5, 0.6) is 0 Å². The lowest BCUT2D eigenvalue weighted by atomic mass is 10.0. The summed E-state index contributed by atoms with van der Waals surface area (Å²) < 4.78 is 17.7. The molecule has 11 heteroatoms. The molecule has 3 heterocycles. The monoisotopic (exact) mass is 414 g/mol. The lowest BCUT2D eigenvalue weighted by Gasteiger charge is -2.09. The summed E-state index contributed by atoms with van der Waals surface area (Å²) in [5, 5.41) is 30.5. The second kappa shape index (κ2) is 7.65. The molecule has 4 rings (SSSR count). The molecule has 0 atom stereocenters. The van der Waals surface area contributed by atoms with Gasteiger partial charge in [0.1, 0.15) is 23.2 Å². The van der Waals surface area contributed by atoms with Gasteiger partial charge >= 0.3 is 0 Å². The zero-order valence-corrected chi connectivity index (χ0v) is 16.6. The highest BCUT2D eigenvalue weighted by atomic mass is 19.1. The van der Waals surface area contributed by atoms with E-state index in [0.29, 0.717) is 28.1 Å². The number of anilines is 1. The van der Waals surface area contributed by atoms with E-state index in [9.17, 15) is 9.65 Å². The van der Waals surface area contributed by atoms with Crippen molar-refractivity contribution < 1.29 is 4.39 Å². The van der Waals surface area contributed by atoms with Gasteiger partial charge in [-0.1, -0.05) is 17.3 Å². The van der Waals surface area contributed by atoms with Gasteiger partial charge in [0.2, 0.25) is 0 Å². The topological polar surface area (TPSA) is 148 Å². The summed E-state index contributed by atoms with van der Waals surface area (Å²) in [5.41, 5.74) is 8.55. The SMILES string of the molecule is Cc1c(C#N)cccc1-c1nc(N)c(F)c(-c2cn(Cc3cc(C#N)n(C)n3)nn2)n1. The first kappa shape index (κ1) is 19.7. The molecule has 4 aromatic rings. The third-order valence-electron chi connectivity index (χ3n) is 4.72. The van der Waals surface area contributed by atoms with Crippen molar-refractivity contribution in [1.29, 1.82) is 10.5 Å². The highest BCUT2D eigenvalue weighted by Gasteiger charge is 2.19. The zero-order chi connectivity index (χ0) is 22.1. The minimum Gasteiger partial charge on any atom is -0.381 e. The van der Waals surface area contributed by atoms with Gasteiger partial charge in [0, 0.05) is 12.6 Å². The van der Waals surface area contributed by atoms with Crippen LogP contribution in [0.4, 0.5) is 10.2 Å². The van der Waals surface area contributed by atoms with Gasteiger partial charge in [-0.2, -0.15) is 15.6 Å². The van der Waals surface area contributed by atoms with E-state index in [1.165, 1.54) is 15.6 Å². The Balaban J connectivity index is 1.72. The van der Waals surface area contributed by atoms with Crippen molar-refractivity contribution in [2.75, 3.05) is 5.73 Å². The van der Waals surface area contributed by atoms with Gasteiger partial charge in [0.25, 0.3) is 0 Å². The Labute approximate surface area is 176 Å². The molecule has 0 saturated heterocycles. The number of nitriles is 2. The summed E-state index contributed by atoms with van der Waals surface area (Å²) >= 11 is 0. The summed E-state index contributed by atoms with van der Waals surface area (Å²) in [6.45, 7) is 2.00. The van der Waals surface area contributed by atoms with E-state index < -0.39 is 5.82 Å². The second-order valence-electron chi connectivity index (χ2n) is 6.74. The molecule has 0 unspecified atom stereocenters. The number of nitrogens with zero attached hydrogens (tertiary/aromatic N) is 9. The van der Waals surface area contributed by atoms with Crippen LogP contribution in [0.2, 0.25) is 0 Å². The van der Waals surface area contributed by atoms with Gasteiger partial charge in [0.05, 0.1) is 30.1 Å². The van der Waals surface area contributed by atoms with Crippen LogP contribution in [0.1, 0.15) is 22.5 Å². The normalized spacial score (nSPS) is 10.6. The number of rotatable bonds is 4. The molecule has 0 saturated carbocycles. The molecule has 1 aromatic carbocycles. The maximum Gasteiger partial charge on any atom is 0.193 e. The minimum absolute atomic E-state index is 0.103. The van der Waals surface area contributed by atoms with Crippen LogP contribution < -0.4 is 5.73 Å². The first-order chi connectivity index (χ1) is 14.9. The van der Waals surface area contributed by atoms with Crippen LogP contribution in [-0.2, 0) is 13.6 Å². The fourth-order valence-corrected chi connectivity index (χ4v) is 3.11. The molecular weight excluding hydrogens is 399 g/mol. The average Bonchev–Trinajstić information content (AvgIpc) is 3.36. The van der Waals surface area contributed by atoms with Crippen molar-refractivity contribution in [3.63, 3.8) is 0 Å². The predicted molar refractivity (Wildman–Crippen MR) is 107 cm³/mol. The molecule has 31 heavy (non-hydrogen) atoms. The highest BCUT2D eigenvalue weighted by molar-refractivity contribution is 5.69. The third kappa shape index (κ3) is 3.56. The Morgan fingerprint density at radius 1 is 1.19 bits per heavy atom. The van der Waals surface area contributed by atoms with Gasteiger partial charge in [0.15, 0.2) is 17.5 Å². The van der Waals surface area contributed by atoms with E-state index >= 15 is 0 Å². The van der Waals surface area contributed by atoms with Crippen LogP contribution in [-0.4, -0.2) is 34.7 Å². The van der Waals surface area contributed by atoms with E-state index in [-0.39, 0.29) is 29.6 Å². The van der Waals surface area contributed by atoms with Crippen molar-refractivity contribution in [3.8, 4) is 34.9 Å². The van der Waals surface area contributed by atoms with Gasteiger partial charge in [-0.3, -0.25) is 4.68 Å². The summed E-state index contributed by atoms with van der Waals surface area (Å²) in [4.78, 5) is 8.35. The minimum atomic E-state index is -0.811. The molecule has 152 valence electrons. The molecular formula is C20H15FN10. The second-order valence-corrected chi connectivity index (χ2v) is 6.74. The molecule has 3 aromatic heterocycles. The molecule has 2 N–H and O–H groups in total. The van der Waals surface area contributed by atoms with Crippen molar-refractivity contribution in [2.24, 2.45) is 7.05 Å². The number of hydrogen-bond donors (Lipinski definition) is 1. The Hall–Kier alpha value is -4.64. The Morgan fingerprint density at radius 2 is 2.00 bits per heavy atom. The fourth-order valence-electron chi connectivity index (χ4n) is 3.11. The van der Waals surface area contributed by atoms with Crippen LogP contribution in [0.15, 0.2) is 30.5 Å². The van der Waals surface area contributed by atoms with Crippen LogP contribution in [0.3, 0.4) is 0 Å². The van der Waals surface area contributed by atoms with Crippen LogP contribution in [0, 0.1) is 35.4 Å². The Bertz CT molecular complexity index is 1390. The average molecular weight is 414 g/mol. The number of nitrogen functional groups attached to an aromatic ring is 1. The van der Waals surface area contributed by atoms with Crippen molar-refractivity contribution in [2.45, 2.75) is 13.5 Å². The molecule has 0 radical (unpaired) electrons. The molecule has 10 nitrogen and oxygen atoms in total. The maximum atomic E-state index is 14.7. The van der Waals surface area contributed by atoms with Crippen molar-refractivity contribution in [1.82, 2.24) is 34.7 Å². The Morgan fingerprint density at radius 3 is 2.71 bits per heavy atom. The van der Waals surface area contributed by atoms with Crippen molar-refractivity contribution in [3.05, 3.63) is 58.8 Å². The summed E-state index contributed by atoms with van der Waals surface area (Å²) in [5.74, 6) is -0.962. The number of halogens is 1. The quantitative estimate of drug-likeness (QED) is 0.533. The first-order valence-corrected chi connectivity index (χ1v) is 9.08. The summed E-state index contributed by atoms with van der Waals surface area (Å²) in [6.07, 6.45) is 1.51. The van der Waals surface area contributed by atoms with Gasteiger partial charge < -0.3 is 5.73 Å². The van der Waals surface area contributed by atoms with E-state index in [0.717, 1.165) is 0 Å². The molecule has 0 amide bonds. The number of aryl methyl sites for hydroxylation is 1. The fraction of sp³-hybridized carbons (Fsp3) is 0.150. The largest absolute Gasteiger partial charge is 0.381 e. The molecule has 0 fully saturated rings. The standard InChI is InChI=1S/C20H15FN10/c1-11-12(7-22)4-3-5-15(11)20-25-18(17(21)19(24)26-20)16-10-31(29-27-16)9-13-6-14(8-23)30(2)28-13/h3-6,10H,9H2,1-2H3,(H2,24,25,26).